The van der Waals surface area contributed by atoms with Crippen LogP contribution >= 0.6 is 0 Å². The molecule has 0 heterocycles. The molecule has 0 aliphatic rings. The highest BCUT2D eigenvalue weighted by molar-refractivity contribution is 7.89. The number of phenolic OH excluding ortho intramolecular Hbond substituents is 1. The van der Waals surface area contributed by atoms with Gasteiger partial charge in [0, 0.05) is 31.3 Å². The molecule has 2 aromatic rings. The number of nitro benzene ring substituents is 1. The van der Waals surface area contributed by atoms with Crippen LogP contribution in [-0.4, -0.2) is 53.1 Å². The first-order chi connectivity index (χ1) is 14.0. The van der Waals surface area contributed by atoms with Crippen LogP contribution in [0.5, 0.6) is 5.75 Å². The van der Waals surface area contributed by atoms with E-state index in [4.69, 9.17) is 5.73 Å². The molecule has 9 nitrogen and oxygen atoms in total. The number of rotatable bonds is 10. The first-order valence-electron chi connectivity index (χ1n) is 9.47. The second-order valence-corrected chi connectivity index (χ2v) is 9.51. The van der Waals surface area contributed by atoms with Crippen LogP contribution in [0.3, 0.4) is 0 Å². The predicted molar refractivity (Wildman–Crippen MR) is 112 cm³/mol. The number of sulfonamides is 1. The van der Waals surface area contributed by atoms with Crippen molar-refractivity contribution in [3.63, 3.8) is 0 Å². The molecule has 0 bridgehead atoms. The van der Waals surface area contributed by atoms with Crippen molar-refractivity contribution in [2.75, 3.05) is 13.1 Å². The summed E-state index contributed by atoms with van der Waals surface area (Å²) in [5, 5.41) is 30.7. The lowest BCUT2D eigenvalue weighted by atomic mass is 10.0. The highest BCUT2D eigenvalue weighted by atomic mass is 32.2. The van der Waals surface area contributed by atoms with Gasteiger partial charge in [-0.3, -0.25) is 10.1 Å². The van der Waals surface area contributed by atoms with Crippen molar-refractivity contribution >= 4 is 15.7 Å². The van der Waals surface area contributed by atoms with Crippen molar-refractivity contribution in [3.8, 4) is 5.75 Å². The van der Waals surface area contributed by atoms with E-state index in [1.54, 1.807) is 12.1 Å². The quantitative estimate of drug-likeness (QED) is 0.380. The summed E-state index contributed by atoms with van der Waals surface area (Å²) >= 11 is 0. The van der Waals surface area contributed by atoms with Crippen LogP contribution in [-0.2, 0) is 16.4 Å². The molecular formula is C20H27N3O6S. The minimum Gasteiger partial charge on any atom is -0.508 e. The molecule has 0 saturated carbocycles. The smallest absolute Gasteiger partial charge is 0.269 e. The molecule has 0 aromatic heterocycles. The van der Waals surface area contributed by atoms with E-state index in [1.807, 2.05) is 13.8 Å². The van der Waals surface area contributed by atoms with Crippen molar-refractivity contribution < 1.29 is 23.6 Å². The molecule has 0 aliphatic carbocycles. The number of nitro groups is 1. The van der Waals surface area contributed by atoms with Crippen LogP contribution in [0.1, 0.15) is 19.4 Å². The van der Waals surface area contributed by atoms with Crippen LogP contribution in [0.25, 0.3) is 0 Å². The summed E-state index contributed by atoms with van der Waals surface area (Å²) in [6.45, 7) is 3.64. The molecule has 2 atom stereocenters. The lowest BCUT2D eigenvalue weighted by Crippen LogP contribution is -2.47. The van der Waals surface area contributed by atoms with Gasteiger partial charge in [-0.15, -0.1) is 0 Å². The lowest BCUT2D eigenvalue weighted by molar-refractivity contribution is -0.384. The van der Waals surface area contributed by atoms with E-state index in [0.29, 0.717) is 6.42 Å². The van der Waals surface area contributed by atoms with Crippen LogP contribution in [0, 0.1) is 16.0 Å². The maximum atomic E-state index is 13.1. The number of aromatic hydroxyl groups is 1. The van der Waals surface area contributed by atoms with Gasteiger partial charge in [0.05, 0.1) is 15.9 Å². The Kier molecular flexibility index (Phi) is 7.90. The Morgan fingerprint density at radius 2 is 1.63 bits per heavy atom. The van der Waals surface area contributed by atoms with Gasteiger partial charge in [-0.25, -0.2) is 8.42 Å². The van der Waals surface area contributed by atoms with Crippen LogP contribution < -0.4 is 5.73 Å². The first kappa shape index (κ1) is 23.7. The molecule has 2 rings (SSSR count). The standard InChI is InChI=1S/C20H27N3O6S/c1-14(2)12-22(30(28,29)18-9-5-16(6-10-18)23(26)27)13-20(25)19(21)11-15-3-7-17(24)8-4-15/h3-10,14,19-20,24-25H,11-13,21H2,1-2H3/t19-,20+/m0/s1. The molecule has 30 heavy (non-hydrogen) atoms. The van der Waals surface area contributed by atoms with Gasteiger partial charge in [-0.1, -0.05) is 26.0 Å². The number of benzene rings is 2. The van der Waals surface area contributed by atoms with Gasteiger partial charge < -0.3 is 15.9 Å². The molecule has 0 fully saturated rings. The Labute approximate surface area is 176 Å². The molecular weight excluding hydrogens is 410 g/mol. The van der Waals surface area contributed by atoms with Crippen molar-refractivity contribution in [1.82, 2.24) is 4.31 Å². The Morgan fingerprint density at radius 3 is 2.13 bits per heavy atom. The third-order valence-electron chi connectivity index (χ3n) is 4.55. The number of nitrogens with two attached hydrogens (primary N) is 1. The highest BCUT2D eigenvalue weighted by Gasteiger charge is 2.29. The Bertz CT molecular complexity index is 946. The number of non-ortho nitro benzene ring substituents is 1. The number of hydrogen-bond acceptors (Lipinski definition) is 7. The summed E-state index contributed by atoms with van der Waals surface area (Å²) in [4.78, 5) is 10.1. The number of nitrogens with zero attached hydrogens (tertiary/aromatic N) is 2. The number of aliphatic hydroxyl groups excluding tert-OH is 1. The van der Waals surface area contributed by atoms with E-state index >= 15 is 0 Å². The Hall–Kier alpha value is -2.53. The summed E-state index contributed by atoms with van der Waals surface area (Å²) < 4.78 is 27.3. The third-order valence-corrected chi connectivity index (χ3v) is 6.39. The second kappa shape index (κ2) is 9.98. The molecule has 0 unspecified atom stereocenters. The molecule has 0 saturated heterocycles. The monoisotopic (exact) mass is 437 g/mol. The summed E-state index contributed by atoms with van der Waals surface area (Å²) in [6, 6.07) is 10.3. The van der Waals surface area contributed by atoms with E-state index in [1.165, 1.54) is 24.3 Å². The fraction of sp³-hybridized carbons (Fsp3) is 0.400. The van der Waals surface area contributed by atoms with Gasteiger partial charge in [0.2, 0.25) is 10.0 Å². The molecule has 0 spiro atoms. The molecule has 164 valence electrons. The van der Waals surface area contributed by atoms with Gasteiger partial charge in [-0.05, 0) is 42.2 Å². The Morgan fingerprint density at radius 1 is 1.07 bits per heavy atom. The average molecular weight is 438 g/mol. The van der Waals surface area contributed by atoms with Crippen molar-refractivity contribution in [2.24, 2.45) is 11.7 Å². The van der Waals surface area contributed by atoms with E-state index in [2.05, 4.69) is 0 Å². The molecule has 4 N–H and O–H groups in total. The second-order valence-electron chi connectivity index (χ2n) is 7.57. The molecule has 0 aliphatic heterocycles. The van der Waals surface area contributed by atoms with E-state index in [0.717, 1.165) is 22.0 Å². The first-order valence-corrected chi connectivity index (χ1v) is 10.9. The van der Waals surface area contributed by atoms with Gasteiger partial charge in [-0.2, -0.15) is 4.31 Å². The third kappa shape index (κ3) is 6.23. The maximum Gasteiger partial charge on any atom is 0.269 e. The normalized spacial score (nSPS) is 14.1. The molecule has 2 aromatic carbocycles. The maximum absolute atomic E-state index is 13.1. The molecule has 10 heteroatoms. The lowest BCUT2D eigenvalue weighted by Gasteiger charge is -2.28. The zero-order valence-electron chi connectivity index (χ0n) is 16.9. The minimum atomic E-state index is -3.98. The summed E-state index contributed by atoms with van der Waals surface area (Å²) in [5.74, 6) is 0.100. The van der Waals surface area contributed by atoms with Crippen molar-refractivity contribution in [2.45, 2.75) is 37.3 Å². The topological polar surface area (TPSA) is 147 Å². The zero-order chi connectivity index (χ0) is 22.5. The fourth-order valence-corrected chi connectivity index (χ4v) is 4.57. The minimum absolute atomic E-state index is 0.0154. The predicted octanol–water partition coefficient (Wildman–Crippen LogP) is 1.88. The summed E-state index contributed by atoms with van der Waals surface area (Å²) in [7, 11) is -3.98. The van der Waals surface area contributed by atoms with Gasteiger partial charge >= 0.3 is 0 Å². The molecule has 0 radical (unpaired) electrons. The summed E-state index contributed by atoms with van der Waals surface area (Å²) in [6.07, 6.45) is -0.834. The average Bonchev–Trinajstić information content (AvgIpc) is 2.68. The SMILES string of the molecule is CC(C)CN(C[C@@H](O)[C@@H](N)Cc1ccc(O)cc1)S(=O)(=O)c1ccc([N+](=O)[O-])cc1. The van der Waals surface area contributed by atoms with E-state index in [-0.39, 0.29) is 35.3 Å². The van der Waals surface area contributed by atoms with E-state index < -0.39 is 27.1 Å². The van der Waals surface area contributed by atoms with Crippen LogP contribution in [0.15, 0.2) is 53.4 Å². The number of phenols is 1. The van der Waals surface area contributed by atoms with Gasteiger partial charge in [0.15, 0.2) is 0 Å². The fourth-order valence-electron chi connectivity index (χ4n) is 2.95. The van der Waals surface area contributed by atoms with Crippen LogP contribution in [0.4, 0.5) is 5.69 Å². The number of hydrogen-bond donors (Lipinski definition) is 3. The van der Waals surface area contributed by atoms with Crippen molar-refractivity contribution in [3.05, 3.63) is 64.2 Å². The summed E-state index contributed by atoms with van der Waals surface area (Å²) in [5.41, 5.74) is 6.68. The Balaban J connectivity index is 2.18. The van der Waals surface area contributed by atoms with Crippen molar-refractivity contribution in [1.29, 1.82) is 0 Å². The van der Waals surface area contributed by atoms with Crippen LogP contribution in [0.2, 0.25) is 0 Å². The molecule has 0 amide bonds. The largest absolute Gasteiger partial charge is 0.508 e. The zero-order valence-corrected chi connectivity index (χ0v) is 17.7. The van der Waals surface area contributed by atoms with E-state index in [9.17, 15) is 28.7 Å². The van der Waals surface area contributed by atoms with Gasteiger partial charge in [0.25, 0.3) is 5.69 Å². The number of aliphatic hydroxyl groups is 1. The highest BCUT2D eigenvalue weighted by Crippen LogP contribution is 2.21. The van der Waals surface area contributed by atoms with Gasteiger partial charge in [0.1, 0.15) is 5.75 Å².